The van der Waals surface area contributed by atoms with E-state index in [1.807, 2.05) is 26.0 Å². The number of carbonyl (C=O) groups excluding carboxylic acids is 3. The van der Waals surface area contributed by atoms with E-state index in [1.165, 1.54) is 4.68 Å². The van der Waals surface area contributed by atoms with Crippen LogP contribution in [0, 0.1) is 56.8 Å². The molecular weight excluding hydrogens is 498 g/mol. The number of allylic oxidation sites excluding steroid dienone is 4. The number of ketones is 2. The van der Waals surface area contributed by atoms with Gasteiger partial charge in [-0.3, -0.25) is 9.59 Å². The highest BCUT2D eigenvalue weighted by atomic mass is 16.2. The topological polar surface area (TPSA) is 73.4 Å². The molecule has 0 amide bonds. The number of rotatable bonds is 1. The fourth-order valence-electron chi connectivity index (χ4n) is 10.6. The van der Waals surface area contributed by atoms with Crippen LogP contribution in [0.15, 0.2) is 41.9 Å². The Kier molecular flexibility index (Phi) is 5.57. The molecule has 0 aromatic carbocycles. The van der Waals surface area contributed by atoms with Crippen molar-refractivity contribution in [1.82, 2.24) is 9.78 Å². The number of carbonyl (C=O) groups is 3. The van der Waals surface area contributed by atoms with Gasteiger partial charge in [-0.2, -0.15) is 5.10 Å². The number of hydrogen-bond donors (Lipinski definition) is 0. The summed E-state index contributed by atoms with van der Waals surface area (Å²) in [7, 11) is 0. The van der Waals surface area contributed by atoms with E-state index < -0.39 is 16.2 Å². The van der Waals surface area contributed by atoms with Crippen molar-refractivity contribution in [3.05, 3.63) is 53.3 Å². The molecule has 0 aliphatic heterocycles. The predicted octanol–water partition coefficient (Wildman–Crippen LogP) is 7.10. The molecule has 3 saturated carbocycles. The van der Waals surface area contributed by atoms with Gasteiger partial charge in [-0.1, -0.05) is 60.1 Å². The minimum absolute atomic E-state index is 0.0305. The highest BCUT2D eigenvalue weighted by Gasteiger charge is 2.70. The molecule has 1 aromatic heterocycles. The van der Waals surface area contributed by atoms with Crippen LogP contribution < -0.4 is 0 Å². The second-order valence-corrected chi connectivity index (χ2v) is 15.6. The van der Waals surface area contributed by atoms with Crippen LogP contribution in [0.5, 0.6) is 0 Å². The van der Waals surface area contributed by atoms with Crippen molar-refractivity contribution in [2.45, 2.75) is 93.4 Å². The van der Waals surface area contributed by atoms with E-state index in [4.69, 9.17) is 6.57 Å². The normalized spacial score (nSPS) is 43.2. The third kappa shape index (κ3) is 3.21. The first-order valence-corrected chi connectivity index (χ1v) is 15.0. The van der Waals surface area contributed by atoms with Crippen LogP contribution in [-0.4, -0.2) is 27.3 Å². The van der Waals surface area contributed by atoms with E-state index in [0.29, 0.717) is 0 Å². The van der Waals surface area contributed by atoms with Gasteiger partial charge in [0.2, 0.25) is 5.70 Å². The van der Waals surface area contributed by atoms with Crippen LogP contribution >= 0.6 is 0 Å². The fourth-order valence-corrected chi connectivity index (χ4v) is 10.6. The van der Waals surface area contributed by atoms with E-state index in [1.54, 1.807) is 18.5 Å². The van der Waals surface area contributed by atoms with Crippen molar-refractivity contribution in [2.75, 3.05) is 0 Å². The van der Waals surface area contributed by atoms with E-state index >= 15 is 0 Å². The van der Waals surface area contributed by atoms with E-state index in [9.17, 15) is 14.4 Å². The maximum Gasteiger partial charge on any atom is 0.253 e. The minimum Gasteiger partial charge on any atom is -0.307 e. The van der Waals surface area contributed by atoms with Gasteiger partial charge in [0.15, 0.2) is 11.6 Å². The summed E-state index contributed by atoms with van der Waals surface area (Å²) in [6.45, 7) is 23.1. The van der Waals surface area contributed by atoms with Crippen LogP contribution in [0.1, 0.15) is 98.2 Å². The minimum atomic E-state index is -0.669. The van der Waals surface area contributed by atoms with Crippen molar-refractivity contribution in [2.24, 2.45) is 50.2 Å². The first-order valence-electron chi connectivity index (χ1n) is 15.0. The zero-order valence-corrected chi connectivity index (χ0v) is 25.1. The van der Waals surface area contributed by atoms with Crippen LogP contribution in [0.3, 0.4) is 0 Å². The van der Waals surface area contributed by atoms with E-state index in [2.05, 4.69) is 44.6 Å². The van der Waals surface area contributed by atoms with Crippen molar-refractivity contribution >= 4 is 17.5 Å². The van der Waals surface area contributed by atoms with Gasteiger partial charge in [-0.05, 0) is 85.2 Å². The molecule has 6 nitrogen and oxygen atoms in total. The maximum absolute atomic E-state index is 14.6. The van der Waals surface area contributed by atoms with Gasteiger partial charge in [0.25, 0.3) is 5.91 Å². The fraction of sp³-hybridized carbons (Fsp3) is 0.676. The summed E-state index contributed by atoms with van der Waals surface area (Å²) < 4.78 is 1.51. The molecule has 3 fully saturated rings. The van der Waals surface area contributed by atoms with Crippen molar-refractivity contribution < 1.29 is 14.4 Å². The second-order valence-electron chi connectivity index (χ2n) is 15.6. The molecule has 1 heterocycles. The van der Waals surface area contributed by atoms with Crippen molar-refractivity contribution in [3.63, 3.8) is 0 Å². The van der Waals surface area contributed by atoms with E-state index in [0.717, 1.165) is 50.5 Å². The summed E-state index contributed by atoms with van der Waals surface area (Å²) in [6, 6.07) is 1.80. The molecule has 7 atom stereocenters. The quantitative estimate of drug-likeness (QED) is 0.356. The van der Waals surface area contributed by atoms with Crippen molar-refractivity contribution in [3.8, 4) is 0 Å². The third-order valence-electron chi connectivity index (χ3n) is 13.0. The number of hydrogen-bond acceptors (Lipinski definition) is 4. The maximum atomic E-state index is 14.6. The molecule has 5 aliphatic rings. The molecule has 0 bridgehead atoms. The smallest absolute Gasteiger partial charge is 0.253 e. The van der Waals surface area contributed by atoms with Gasteiger partial charge in [0.05, 0.1) is 12.0 Å². The van der Waals surface area contributed by atoms with Gasteiger partial charge in [0, 0.05) is 29.1 Å². The second kappa shape index (κ2) is 8.14. The highest BCUT2D eigenvalue weighted by Crippen LogP contribution is 2.74. The molecule has 0 saturated heterocycles. The van der Waals surface area contributed by atoms with Crippen LogP contribution in [0.4, 0.5) is 0 Å². The monoisotopic (exact) mass is 541 g/mol. The first kappa shape index (κ1) is 27.4. The van der Waals surface area contributed by atoms with Gasteiger partial charge in [-0.25, -0.2) is 9.53 Å². The third-order valence-corrected chi connectivity index (χ3v) is 13.0. The van der Waals surface area contributed by atoms with Crippen LogP contribution in [-0.2, 0) is 9.59 Å². The largest absolute Gasteiger partial charge is 0.307 e. The summed E-state index contributed by atoms with van der Waals surface area (Å²) in [6.07, 6.45) is 13.1. The summed E-state index contributed by atoms with van der Waals surface area (Å²) >= 11 is 0. The molecule has 212 valence electrons. The zero-order valence-electron chi connectivity index (χ0n) is 25.1. The highest BCUT2D eigenvalue weighted by molar-refractivity contribution is 6.03. The number of fused-ring (bicyclic) bond motifs is 7. The Hall–Kier alpha value is -2.81. The summed E-state index contributed by atoms with van der Waals surface area (Å²) in [4.78, 5) is 45.7. The number of nitrogens with zero attached hydrogens (tertiary/aromatic N) is 3. The molecule has 1 aromatic rings. The van der Waals surface area contributed by atoms with E-state index in [-0.39, 0.29) is 57.2 Å². The van der Waals surface area contributed by atoms with Gasteiger partial charge in [-0.15, -0.1) is 0 Å². The molecule has 40 heavy (non-hydrogen) atoms. The Bertz CT molecular complexity index is 1420. The average Bonchev–Trinajstić information content (AvgIpc) is 3.42. The lowest BCUT2D eigenvalue weighted by atomic mass is 9.34. The standard InChI is InChI=1S/C34H43N3O3/c1-29(2)12-14-34(28(40)37-17-9-16-36-37)15-13-33(7)26(21(34)19-29)23(38)18-25-31(5)20-22(35-8)27(39)30(3,4)24(31)10-11-32(25,33)6/h9,16-18,20-21,24,26H,10-15,19H2,1-7H3/t21?,24-,26?,31-,32+,33+,34-/m0/s1. The summed E-state index contributed by atoms with van der Waals surface area (Å²) in [5.74, 6) is -0.188. The Morgan fingerprint density at radius 3 is 2.38 bits per heavy atom. The summed E-state index contributed by atoms with van der Waals surface area (Å²) in [5, 5.41) is 4.33. The van der Waals surface area contributed by atoms with Crippen LogP contribution in [0.25, 0.3) is 4.85 Å². The molecule has 2 unspecified atom stereocenters. The van der Waals surface area contributed by atoms with Gasteiger partial charge in [0.1, 0.15) is 0 Å². The number of aromatic nitrogens is 2. The molecule has 6 rings (SSSR count). The molecule has 0 N–H and O–H groups in total. The molecule has 5 aliphatic carbocycles. The number of Topliss-reactive ketones (excluding diaryl/α,β-unsaturated/α-hetero) is 1. The lowest BCUT2D eigenvalue weighted by Gasteiger charge is -2.69. The first-order chi connectivity index (χ1) is 18.6. The van der Waals surface area contributed by atoms with Crippen LogP contribution in [0.2, 0.25) is 0 Å². The molecule has 0 radical (unpaired) electrons. The zero-order chi connectivity index (χ0) is 29.1. The predicted molar refractivity (Wildman–Crippen MR) is 153 cm³/mol. The Morgan fingerprint density at radius 1 is 1.02 bits per heavy atom. The SMILES string of the molecule is [C-]#[N+]C1=C[C@]2(C)C3=CC(=O)C4C5CC(C)(C)CC[C@]5(C(=O)n5cccn5)CC[C@@]4(C)[C@]3(C)CC[C@H]2C(C)(C)C1=O. The lowest BCUT2D eigenvalue weighted by molar-refractivity contribution is -0.164. The Labute approximate surface area is 238 Å². The molecular formula is C34H43N3O3. The Morgan fingerprint density at radius 2 is 1.73 bits per heavy atom. The average molecular weight is 542 g/mol. The Balaban J connectivity index is 1.53. The summed E-state index contributed by atoms with van der Waals surface area (Å²) in [5.41, 5.74) is -1.06. The molecule has 0 spiro atoms. The van der Waals surface area contributed by atoms with Gasteiger partial charge >= 0.3 is 0 Å². The lowest BCUT2D eigenvalue weighted by Crippen LogP contribution is -2.66. The molecule has 6 heteroatoms. The van der Waals surface area contributed by atoms with Crippen molar-refractivity contribution in [1.29, 1.82) is 0 Å². The van der Waals surface area contributed by atoms with Gasteiger partial charge < -0.3 is 4.79 Å².